The van der Waals surface area contributed by atoms with Crippen LogP contribution in [0.25, 0.3) is 11.3 Å². The van der Waals surface area contributed by atoms with Gasteiger partial charge in [0.05, 0.1) is 32.1 Å². The Morgan fingerprint density at radius 2 is 2.00 bits per heavy atom. The molecule has 0 aliphatic carbocycles. The smallest absolute Gasteiger partial charge is 0.267 e. The zero-order chi connectivity index (χ0) is 18.6. The maximum atomic E-state index is 12.4. The molecule has 1 aliphatic heterocycles. The van der Waals surface area contributed by atoms with Crippen LogP contribution in [0.5, 0.6) is 5.88 Å². The molecular weight excluding hydrogens is 348 g/mol. The van der Waals surface area contributed by atoms with E-state index in [-0.39, 0.29) is 17.6 Å². The van der Waals surface area contributed by atoms with E-state index in [0.717, 1.165) is 5.56 Å². The number of hydrogen-bond acceptors (Lipinski definition) is 8. The Bertz CT molecular complexity index is 978. The van der Waals surface area contributed by atoms with Gasteiger partial charge in [0.2, 0.25) is 11.8 Å². The minimum absolute atomic E-state index is 0.193. The predicted octanol–water partition coefficient (Wildman–Crippen LogP) is 1.16. The number of aromatic nitrogens is 5. The van der Waals surface area contributed by atoms with Crippen molar-refractivity contribution in [2.75, 3.05) is 25.6 Å². The molecule has 9 heteroatoms. The zero-order valence-corrected chi connectivity index (χ0v) is 14.6. The number of nitrogens with one attached hydrogen (secondary N) is 1. The van der Waals surface area contributed by atoms with Gasteiger partial charge in [-0.05, 0) is 18.2 Å². The van der Waals surface area contributed by atoms with Gasteiger partial charge in [0, 0.05) is 36.3 Å². The van der Waals surface area contributed by atoms with Crippen LogP contribution < -0.4 is 15.6 Å². The van der Waals surface area contributed by atoms with Crippen LogP contribution in [-0.4, -0.2) is 51.1 Å². The van der Waals surface area contributed by atoms with E-state index in [4.69, 9.17) is 9.47 Å². The minimum atomic E-state index is -0.283. The van der Waals surface area contributed by atoms with Crippen LogP contribution in [0, 0.1) is 0 Å². The summed E-state index contributed by atoms with van der Waals surface area (Å²) >= 11 is 0. The molecule has 1 fully saturated rings. The van der Waals surface area contributed by atoms with E-state index >= 15 is 0 Å². The number of ether oxygens (including phenoxy) is 2. The SMILES string of the molecule is COc1ccnc(NC2COCC2n2nc(-c3ccncc3)ccc2=O)n1. The highest BCUT2D eigenvalue weighted by Gasteiger charge is 2.32. The average molecular weight is 366 g/mol. The third-order valence-corrected chi connectivity index (χ3v) is 4.32. The molecule has 2 unspecified atom stereocenters. The fraction of sp³-hybridized carbons (Fsp3) is 0.278. The molecule has 1 aliphatic rings. The summed E-state index contributed by atoms with van der Waals surface area (Å²) in [5, 5.41) is 7.75. The van der Waals surface area contributed by atoms with Gasteiger partial charge < -0.3 is 14.8 Å². The van der Waals surface area contributed by atoms with Crippen molar-refractivity contribution in [3.8, 4) is 17.1 Å². The number of pyridine rings is 1. The molecule has 0 saturated carbocycles. The first-order valence-electron chi connectivity index (χ1n) is 8.46. The molecule has 3 aromatic heterocycles. The summed E-state index contributed by atoms with van der Waals surface area (Å²) in [6.45, 7) is 0.785. The summed E-state index contributed by atoms with van der Waals surface area (Å²) in [7, 11) is 1.54. The second-order valence-corrected chi connectivity index (χ2v) is 6.02. The Kier molecular flexibility index (Phi) is 4.75. The monoisotopic (exact) mass is 366 g/mol. The lowest BCUT2D eigenvalue weighted by Crippen LogP contribution is -2.37. The lowest BCUT2D eigenvalue weighted by atomic mass is 10.1. The van der Waals surface area contributed by atoms with E-state index in [1.54, 1.807) is 37.8 Å². The normalized spacial score (nSPS) is 19.0. The summed E-state index contributed by atoms with van der Waals surface area (Å²) < 4.78 is 12.2. The Morgan fingerprint density at radius 3 is 2.81 bits per heavy atom. The fourth-order valence-corrected chi connectivity index (χ4v) is 2.95. The maximum absolute atomic E-state index is 12.4. The molecule has 4 heterocycles. The predicted molar refractivity (Wildman–Crippen MR) is 97.6 cm³/mol. The molecule has 3 aromatic rings. The second kappa shape index (κ2) is 7.50. The van der Waals surface area contributed by atoms with E-state index in [1.807, 2.05) is 12.1 Å². The summed E-state index contributed by atoms with van der Waals surface area (Å²) in [4.78, 5) is 24.9. The van der Waals surface area contributed by atoms with Gasteiger partial charge >= 0.3 is 0 Å². The standard InChI is InChI=1S/C18H18N6O3/c1-26-16-6-9-20-18(22-16)21-14-10-27-11-15(14)24-17(25)3-2-13(23-24)12-4-7-19-8-5-12/h2-9,14-15H,10-11H2,1H3,(H,20,21,22). The first-order chi connectivity index (χ1) is 13.2. The van der Waals surface area contributed by atoms with Crippen LogP contribution in [0.3, 0.4) is 0 Å². The van der Waals surface area contributed by atoms with Crippen molar-refractivity contribution in [1.82, 2.24) is 24.7 Å². The van der Waals surface area contributed by atoms with Gasteiger partial charge in [0.1, 0.15) is 6.04 Å². The second-order valence-electron chi connectivity index (χ2n) is 6.02. The van der Waals surface area contributed by atoms with Crippen molar-refractivity contribution in [3.63, 3.8) is 0 Å². The quantitative estimate of drug-likeness (QED) is 0.717. The first-order valence-corrected chi connectivity index (χ1v) is 8.46. The molecule has 4 rings (SSSR count). The Hall–Kier alpha value is -3.33. The Labute approximate surface area is 155 Å². The van der Waals surface area contributed by atoms with Crippen LogP contribution in [0.1, 0.15) is 6.04 Å². The van der Waals surface area contributed by atoms with Crippen molar-refractivity contribution >= 4 is 5.95 Å². The summed E-state index contributed by atoms with van der Waals surface area (Å²) in [6, 6.07) is 8.10. The summed E-state index contributed by atoms with van der Waals surface area (Å²) in [6.07, 6.45) is 4.98. The molecule has 2 atom stereocenters. The van der Waals surface area contributed by atoms with E-state index in [2.05, 4.69) is 25.4 Å². The largest absolute Gasteiger partial charge is 0.481 e. The van der Waals surface area contributed by atoms with Crippen LogP contribution in [-0.2, 0) is 4.74 Å². The van der Waals surface area contributed by atoms with Crippen molar-refractivity contribution in [1.29, 1.82) is 0 Å². The molecule has 1 N–H and O–H groups in total. The number of methoxy groups -OCH3 is 1. The third kappa shape index (κ3) is 3.63. The molecule has 1 saturated heterocycles. The van der Waals surface area contributed by atoms with Gasteiger partial charge in [-0.25, -0.2) is 9.67 Å². The van der Waals surface area contributed by atoms with Crippen molar-refractivity contribution < 1.29 is 9.47 Å². The fourth-order valence-electron chi connectivity index (χ4n) is 2.95. The zero-order valence-electron chi connectivity index (χ0n) is 14.6. The van der Waals surface area contributed by atoms with Gasteiger partial charge in [0.25, 0.3) is 5.56 Å². The summed E-state index contributed by atoms with van der Waals surface area (Å²) in [5.74, 6) is 0.867. The molecule has 0 spiro atoms. The highest BCUT2D eigenvalue weighted by Crippen LogP contribution is 2.22. The van der Waals surface area contributed by atoms with Crippen LogP contribution in [0.4, 0.5) is 5.95 Å². The van der Waals surface area contributed by atoms with Crippen LogP contribution in [0.15, 0.2) is 53.7 Å². The minimum Gasteiger partial charge on any atom is -0.481 e. The molecule has 0 bridgehead atoms. The van der Waals surface area contributed by atoms with Crippen LogP contribution in [0.2, 0.25) is 0 Å². The molecule has 0 aromatic carbocycles. The van der Waals surface area contributed by atoms with E-state index in [9.17, 15) is 4.79 Å². The third-order valence-electron chi connectivity index (χ3n) is 4.32. The molecule has 0 amide bonds. The van der Waals surface area contributed by atoms with Gasteiger partial charge in [-0.3, -0.25) is 9.78 Å². The molecule has 0 radical (unpaired) electrons. The Morgan fingerprint density at radius 1 is 1.15 bits per heavy atom. The number of rotatable bonds is 5. The average Bonchev–Trinajstić information content (AvgIpc) is 3.17. The van der Waals surface area contributed by atoms with Crippen LogP contribution >= 0.6 is 0 Å². The highest BCUT2D eigenvalue weighted by atomic mass is 16.5. The van der Waals surface area contributed by atoms with E-state index in [1.165, 1.54) is 10.7 Å². The molecule has 27 heavy (non-hydrogen) atoms. The number of nitrogens with zero attached hydrogens (tertiary/aromatic N) is 5. The number of anilines is 1. The highest BCUT2D eigenvalue weighted by molar-refractivity contribution is 5.57. The maximum Gasteiger partial charge on any atom is 0.267 e. The molecular formula is C18H18N6O3. The lowest BCUT2D eigenvalue weighted by Gasteiger charge is -2.20. The van der Waals surface area contributed by atoms with E-state index in [0.29, 0.717) is 30.7 Å². The van der Waals surface area contributed by atoms with Gasteiger partial charge in [-0.15, -0.1) is 0 Å². The topological polar surface area (TPSA) is 104 Å². The van der Waals surface area contributed by atoms with Gasteiger partial charge in [0.15, 0.2) is 0 Å². The van der Waals surface area contributed by atoms with Crippen molar-refractivity contribution in [3.05, 3.63) is 59.3 Å². The molecule has 9 nitrogen and oxygen atoms in total. The van der Waals surface area contributed by atoms with Crippen molar-refractivity contribution in [2.24, 2.45) is 0 Å². The van der Waals surface area contributed by atoms with Crippen molar-refractivity contribution in [2.45, 2.75) is 12.1 Å². The van der Waals surface area contributed by atoms with Gasteiger partial charge in [-0.2, -0.15) is 10.1 Å². The van der Waals surface area contributed by atoms with E-state index < -0.39 is 0 Å². The van der Waals surface area contributed by atoms with Gasteiger partial charge in [-0.1, -0.05) is 0 Å². The Balaban J connectivity index is 1.62. The first kappa shape index (κ1) is 17.1. The molecule has 138 valence electrons. The summed E-state index contributed by atoms with van der Waals surface area (Å²) in [5.41, 5.74) is 1.39. The lowest BCUT2D eigenvalue weighted by molar-refractivity contribution is 0.183. The number of hydrogen-bond donors (Lipinski definition) is 1.